The molecule has 1 aromatic carbocycles. The van der Waals surface area contributed by atoms with E-state index < -0.39 is 33.3 Å². The van der Waals surface area contributed by atoms with Crippen molar-refractivity contribution in [3.63, 3.8) is 0 Å². The number of hydrogen-bond donors (Lipinski definition) is 1. The number of alkyl halides is 3. The highest BCUT2D eigenvalue weighted by atomic mass is 35.5. The molecule has 1 heterocycles. The highest BCUT2D eigenvalue weighted by Gasteiger charge is 2.33. The molecular formula is C16H17Cl2F3N4O3S2. The Morgan fingerprint density at radius 1 is 1.30 bits per heavy atom. The Hall–Kier alpha value is -1.63. The van der Waals surface area contributed by atoms with Gasteiger partial charge in [-0.3, -0.25) is 8.42 Å². The van der Waals surface area contributed by atoms with Gasteiger partial charge in [-0.25, -0.2) is 4.68 Å². The van der Waals surface area contributed by atoms with Crippen LogP contribution in [0.4, 0.5) is 19.0 Å². The maximum atomic E-state index is 13.0. The summed E-state index contributed by atoms with van der Waals surface area (Å²) < 4.78 is 63.3. The molecule has 0 spiro atoms. The molecule has 0 aliphatic carbocycles. The van der Waals surface area contributed by atoms with Crippen LogP contribution in [0.15, 0.2) is 22.2 Å². The Morgan fingerprint density at radius 3 is 2.40 bits per heavy atom. The number of nitrogens with zero attached hydrogens (tertiary/aromatic N) is 3. The molecule has 2 rings (SSSR count). The molecule has 14 heteroatoms. The predicted octanol–water partition coefficient (Wildman–Crippen LogP) is 3.64. The predicted molar refractivity (Wildman–Crippen MR) is 112 cm³/mol. The fourth-order valence-electron chi connectivity index (χ4n) is 2.33. The van der Waals surface area contributed by atoms with Gasteiger partial charge in [-0.1, -0.05) is 35.3 Å². The third kappa shape index (κ3) is 5.74. The molecular weight excluding hydrogens is 488 g/mol. The van der Waals surface area contributed by atoms with E-state index in [0.717, 1.165) is 10.9 Å². The van der Waals surface area contributed by atoms with Crippen molar-refractivity contribution < 1.29 is 26.4 Å². The van der Waals surface area contributed by atoms with Crippen molar-refractivity contribution in [1.29, 1.82) is 0 Å². The van der Waals surface area contributed by atoms with Gasteiger partial charge in [0.15, 0.2) is 0 Å². The first-order chi connectivity index (χ1) is 14.0. The van der Waals surface area contributed by atoms with Crippen LogP contribution in [0.3, 0.4) is 0 Å². The molecule has 0 aliphatic rings. The molecule has 2 aromatic rings. The van der Waals surface area contributed by atoms with Crippen LogP contribution in [0.25, 0.3) is 5.69 Å². The highest BCUT2D eigenvalue weighted by Crippen LogP contribution is 2.38. The van der Waals surface area contributed by atoms with Gasteiger partial charge in [0.05, 0.1) is 38.4 Å². The van der Waals surface area contributed by atoms with Gasteiger partial charge in [0.25, 0.3) is 0 Å². The summed E-state index contributed by atoms with van der Waals surface area (Å²) >= 11 is 12.0. The van der Waals surface area contributed by atoms with Crippen LogP contribution in [0, 0.1) is 0 Å². The quantitative estimate of drug-likeness (QED) is 0.336. The zero-order chi connectivity index (χ0) is 22.6. The molecule has 0 aliphatic heterocycles. The summed E-state index contributed by atoms with van der Waals surface area (Å²) in [6.45, 7) is 1.86. The molecule has 0 bridgehead atoms. The minimum atomic E-state index is -4.64. The summed E-state index contributed by atoms with van der Waals surface area (Å²) in [6, 6.07) is 1.38. The third-order valence-corrected chi connectivity index (χ3v) is 6.55. The number of aromatic nitrogens is 2. The molecule has 0 fully saturated rings. The van der Waals surface area contributed by atoms with Crippen LogP contribution in [0.5, 0.6) is 0 Å². The van der Waals surface area contributed by atoms with Crippen LogP contribution in [0.2, 0.25) is 10.0 Å². The summed E-state index contributed by atoms with van der Waals surface area (Å²) in [5.74, 6) is 0.642. The Bertz CT molecular complexity index is 989. The molecule has 2 N–H and O–H groups in total. The molecule has 166 valence electrons. The van der Waals surface area contributed by atoms with Crippen LogP contribution >= 0.6 is 23.2 Å². The van der Waals surface area contributed by atoms with E-state index in [4.69, 9.17) is 33.8 Å². The molecule has 0 saturated heterocycles. The van der Waals surface area contributed by atoms with E-state index >= 15 is 0 Å². The van der Waals surface area contributed by atoms with Crippen molar-refractivity contribution in [1.82, 2.24) is 9.78 Å². The van der Waals surface area contributed by atoms with Crippen molar-refractivity contribution in [3.05, 3.63) is 33.4 Å². The number of benzene rings is 1. The summed E-state index contributed by atoms with van der Waals surface area (Å²) in [7, 11) is -2.64. The molecule has 0 amide bonds. The van der Waals surface area contributed by atoms with Crippen LogP contribution in [0.1, 0.15) is 18.2 Å². The van der Waals surface area contributed by atoms with Gasteiger partial charge in [-0.15, -0.1) is 0 Å². The zero-order valence-electron chi connectivity index (χ0n) is 15.7. The lowest BCUT2D eigenvalue weighted by Gasteiger charge is -2.13. The van der Waals surface area contributed by atoms with Crippen molar-refractivity contribution in [2.45, 2.75) is 18.0 Å². The van der Waals surface area contributed by atoms with E-state index in [1.807, 2.05) is 0 Å². The van der Waals surface area contributed by atoms with E-state index in [0.29, 0.717) is 17.9 Å². The van der Waals surface area contributed by atoms with E-state index in [9.17, 15) is 21.6 Å². The van der Waals surface area contributed by atoms with Crippen LogP contribution in [-0.4, -0.2) is 48.8 Å². The number of hydrogen-bond acceptors (Lipinski definition) is 6. The molecule has 30 heavy (non-hydrogen) atoms. The van der Waals surface area contributed by atoms with Crippen molar-refractivity contribution in [3.8, 4) is 5.69 Å². The highest BCUT2D eigenvalue weighted by molar-refractivity contribution is 7.85. The largest absolute Gasteiger partial charge is 0.416 e. The maximum absolute atomic E-state index is 13.0. The monoisotopic (exact) mass is 504 g/mol. The van der Waals surface area contributed by atoms with Crippen molar-refractivity contribution in [2.24, 2.45) is 5.16 Å². The van der Waals surface area contributed by atoms with Gasteiger partial charge in [0.1, 0.15) is 28.7 Å². The van der Waals surface area contributed by atoms with Gasteiger partial charge in [0.2, 0.25) is 0 Å². The third-order valence-electron chi connectivity index (χ3n) is 3.72. The number of anilines is 1. The first-order valence-corrected chi connectivity index (χ1v) is 12.1. The van der Waals surface area contributed by atoms with Gasteiger partial charge >= 0.3 is 6.18 Å². The Labute approximate surface area is 185 Å². The smallest absolute Gasteiger partial charge is 0.395 e. The number of oxime groups is 1. The molecule has 1 aromatic heterocycles. The minimum Gasteiger partial charge on any atom is -0.395 e. The van der Waals surface area contributed by atoms with Crippen LogP contribution in [-0.2, 0) is 32.6 Å². The topological polar surface area (TPSA) is 99.6 Å². The van der Waals surface area contributed by atoms with Crippen molar-refractivity contribution >= 4 is 56.8 Å². The van der Waals surface area contributed by atoms with Crippen LogP contribution < -0.4 is 5.73 Å². The summed E-state index contributed by atoms with van der Waals surface area (Å²) in [6.07, 6.45) is -2.16. The Balaban J connectivity index is 2.43. The first-order valence-electron chi connectivity index (χ1n) is 8.26. The molecule has 7 nitrogen and oxygen atoms in total. The second-order valence-corrected chi connectivity index (χ2v) is 9.75. The summed E-state index contributed by atoms with van der Waals surface area (Å²) in [5.41, 5.74) is 4.93. The lowest BCUT2D eigenvalue weighted by Crippen LogP contribution is -2.09. The average Bonchev–Trinajstić information content (AvgIpc) is 2.96. The lowest BCUT2D eigenvalue weighted by atomic mass is 10.2. The molecule has 0 radical (unpaired) electrons. The van der Waals surface area contributed by atoms with E-state index in [-0.39, 0.29) is 44.5 Å². The van der Waals surface area contributed by atoms with Gasteiger partial charge in [-0.05, 0) is 12.1 Å². The van der Waals surface area contributed by atoms with E-state index in [2.05, 4.69) is 10.3 Å². The lowest BCUT2D eigenvalue weighted by molar-refractivity contribution is -0.137. The maximum Gasteiger partial charge on any atom is 0.416 e. The number of nitrogens with two attached hydrogens (primary N) is 1. The van der Waals surface area contributed by atoms with E-state index in [1.54, 1.807) is 6.92 Å². The Morgan fingerprint density at radius 2 is 1.90 bits per heavy atom. The van der Waals surface area contributed by atoms with Gasteiger partial charge < -0.3 is 10.6 Å². The fourth-order valence-corrected chi connectivity index (χ4v) is 4.30. The zero-order valence-corrected chi connectivity index (χ0v) is 18.8. The van der Waals surface area contributed by atoms with Gasteiger partial charge in [0, 0.05) is 22.8 Å². The summed E-state index contributed by atoms with van der Waals surface area (Å²) in [4.78, 5) is 5.09. The normalized spacial score (nSPS) is 14.2. The first kappa shape index (κ1) is 24.6. The van der Waals surface area contributed by atoms with Crippen molar-refractivity contribution in [2.75, 3.05) is 30.1 Å². The fraction of sp³-hybridized carbons (Fsp3) is 0.375. The molecule has 2 atom stereocenters. The second-order valence-electron chi connectivity index (χ2n) is 5.75. The number of halogens is 5. The average molecular weight is 505 g/mol. The SMILES string of the molecule is CCS(=O)CCO/N=C/c1nn(-c2c(Cl)cc(C(F)(F)F)cc2Cl)c(N)c1S(C)=O. The number of rotatable bonds is 8. The number of nitrogen functional groups attached to an aromatic ring is 1. The standard InChI is InChI=1S/C16H17Cl2F3N4O3S2/c1-3-30(27)5-4-28-23-8-12-14(29(2)26)15(22)25(24-12)13-10(17)6-9(7-11(13)18)16(19,20)21/h6-8H,3-5,22H2,1-2H3/b23-8+. The van der Waals surface area contributed by atoms with Gasteiger partial charge in [-0.2, -0.15) is 18.3 Å². The second kappa shape index (κ2) is 10.1. The molecule has 2 unspecified atom stereocenters. The molecule has 0 saturated carbocycles. The van der Waals surface area contributed by atoms with E-state index in [1.165, 1.54) is 6.26 Å². The summed E-state index contributed by atoms with van der Waals surface area (Å²) in [5, 5.41) is 7.12. The Kier molecular flexibility index (Phi) is 8.31. The minimum absolute atomic E-state index is 0.0528.